The first-order valence-electron chi connectivity index (χ1n) is 9.00. The Labute approximate surface area is 132 Å². The summed E-state index contributed by atoms with van der Waals surface area (Å²) in [6.45, 7) is 13.4. The summed E-state index contributed by atoms with van der Waals surface area (Å²) in [5.74, 6) is 1.70. The van der Waals surface area contributed by atoms with Gasteiger partial charge in [0.2, 0.25) is 0 Å². The van der Waals surface area contributed by atoms with Gasteiger partial charge in [-0.05, 0) is 70.1 Å². The maximum atomic E-state index is 3.74. The molecule has 0 radical (unpaired) electrons. The number of hydrogen-bond acceptors (Lipinski definition) is 3. The van der Waals surface area contributed by atoms with Crippen LogP contribution < -0.4 is 5.32 Å². The molecule has 0 spiro atoms. The van der Waals surface area contributed by atoms with Gasteiger partial charge in [0.25, 0.3) is 0 Å². The van der Waals surface area contributed by atoms with Gasteiger partial charge < -0.3 is 15.1 Å². The van der Waals surface area contributed by atoms with Crippen LogP contribution in [0.4, 0.5) is 0 Å². The molecule has 0 bridgehead atoms. The van der Waals surface area contributed by atoms with E-state index in [1.165, 1.54) is 51.9 Å². The zero-order valence-electron chi connectivity index (χ0n) is 15.0. The zero-order valence-corrected chi connectivity index (χ0v) is 15.0. The van der Waals surface area contributed by atoms with Crippen LogP contribution in [0.5, 0.6) is 0 Å². The normalized spacial score (nSPS) is 33.7. The predicted molar refractivity (Wildman–Crippen MR) is 91.7 cm³/mol. The Balaban J connectivity index is 1.84. The molecular formula is C18H37N3. The molecular weight excluding hydrogens is 258 g/mol. The first-order valence-corrected chi connectivity index (χ1v) is 9.00. The SMILES string of the molecule is CCNC1CCC(C)(C)CC1CN(C)CC1CCN(C)C1. The molecule has 1 saturated carbocycles. The van der Waals surface area contributed by atoms with Crippen LogP contribution in [0.2, 0.25) is 0 Å². The standard InChI is InChI=1S/C18H37N3/c1-6-19-17-7-9-18(2,3)11-16(17)14-21(5)13-15-8-10-20(4)12-15/h15-17,19H,6-14H2,1-5H3. The number of likely N-dealkylation sites (tertiary alicyclic amines) is 1. The van der Waals surface area contributed by atoms with E-state index in [0.29, 0.717) is 5.41 Å². The first-order chi connectivity index (χ1) is 9.89. The van der Waals surface area contributed by atoms with Crippen molar-refractivity contribution < 1.29 is 0 Å². The van der Waals surface area contributed by atoms with E-state index >= 15 is 0 Å². The summed E-state index contributed by atoms with van der Waals surface area (Å²) < 4.78 is 0. The van der Waals surface area contributed by atoms with E-state index < -0.39 is 0 Å². The Hall–Kier alpha value is -0.120. The van der Waals surface area contributed by atoms with E-state index in [2.05, 4.69) is 50.0 Å². The molecule has 3 nitrogen and oxygen atoms in total. The van der Waals surface area contributed by atoms with Crippen LogP contribution in [-0.4, -0.2) is 62.7 Å². The van der Waals surface area contributed by atoms with Crippen molar-refractivity contribution in [3.8, 4) is 0 Å². The van der Waals surface area contributed by atoms with Gasteiger partial charge in [0.15, 0.2) is 0 Å². The lowest BCUT2D eigenvalue weighted by molar-refractivity contribution is 0.104. The van der Waals surface area contributed by atoms with Crippen LogP contribution in [0.1, 0.15) is 46.5 Å². The Morgan fingerprint density at radius 3 is 2.62 bits per heavy atom. The van der Waals surface area contributed by atoms with E-state index in [0.717, 1.165) is 24.4 Å². The highest BCUT2D eigenvalue weighted by molar-refractivity contribution is 4.90. The average Bonchev–Trinajstić information content (AvgIpc) is 2.77. The van der Waals surface area contributed by atoms with E-state index in [-0.39, 0.29) is 0 Å². The number of hydrogen-bond donors (Lipinski definition) is 1. The fourth-order valence-electron chi connectivity index (χ4n) is 4.55. The number of nitrogens with one attached hydrogen (secondary N) is 1. The minimum atomic E-state index is 0.533. The van der Waals surface area contributed by atoms with Crippen molar-refractivity contribution in [2.24, 2.45) is 17.3 Å². The topological polar surface area (TPSA) is 18.5 Å². The second-order valence-electron chi connectivity index (χ2n) is 8.47. The average molecular weight is 296 g/mol. The monoisotopic (exact) mass is 295 g/mol. The minimum Gasteiger partial charge on any atom is -0.314 e. The van der Waals surface area contributed by atoms with Crippen molar-refractivity contribution in [2.45, 2.75) is 52.5 Å². The van der Waals surface area contributed by atoms with Gasteiger partial charge in [-0.2, -0.15) is 0 Å². The van der Waals surface area contributed by atoms with Crippen LogP contribution in [-0.2, 0) is 0 Å². The van der Waals surface area contributed by atoms with Gasteiger partial charge in [-0.1, -0.05) is 20.8 Å². The second-order valence-corrected chi connectivity index (χ2v) is 8.47. The molecule has 3 atom stereocenters. The van der Waals surface area contributed by atoms with Crippen LogP contribution in [0, 0.1) is 17.3 Å². The van der Waals surface area contributed by atoms with E-state index in [1.54, 1.807) is 0 Å². The fraction of sp³-hybridized carbons (Fsp3) is 1.00. The van der Waals surface area contributed by atoms with E-state index in [4.69, 9.17) is 0 Å². The highest BCUT2D eigenvalue weighted by atomic mass is 15.2. The Kier molecular flexibility index (Phi) is 6.10. The molecule has 1 N–H and O–H groups in total. The van der Waals surface area contributed by atoms with Crippen molar-refractivity contribution >= 4 is 0 Å². The maximum Gasteiger partial charge on any atom is 0.0108 e. The highest BCUT2D eigenvalue weighted by Gasteiger charge is 2.35. The molecule has 124 valence electrons. The van der Waals surface area contributed by atoms with Crippen LogP contribution in [0.15, 0.2) is 0 Å². The third-order valence-electron chi connectivity index (χ3n) is 5.59. The summed E-state index contributed by atoms with van der Waals surface area (Å²) in [7, 11) is 4.59. The Morgan fingerprint density at radius 1 is 1.24 bits per heavy atom. The van der Waals surface area contributed by atoms with E-state index in [1.807, 2.05) is 0 Å². The third kappa shape index (κ3) is 5.22. The van der Waals surface area contributed by atoms with Gasteiger partial charge in [0.05, 0.1) is 0 Å². The summed E-state index contributed by atoms with van der Waals surface area (Å²) in [4.78, 5) is 5.09. The van der Waals surface area contributed by atoms with Gasteiger partial charge in [0, 0.05) is 25.7 Å². The molecule has 3 unspecified atom stereocenters. The van der Waals surface area contributed by atoms with Gasteiger partial charge in [-0.15, -0.1) is 0 Å². The fourth-order valence-corrected chi connectivity index (χ4v) is 4.55. The summed E-state index contributed by atoms with van der Waals surface area (Å²) >= 11 is 0. The number of nitrogens with zero attached hydrogens (tertiary/aromatic N) is 2. The largest absolute Gasteiger partial charge is 0.314 e. The smallest absolute Gasteiger partial charge is 0.0108 e. The van der Waals surface area contributed by atoms with Crippen LogP contribution in [0.25, 0.3) is 0 Å². The van der Waals surface area contributed by atoms with Gasteiger partial charge >= 0.3 is 0 Å². The lowest BCUT2D eigenvalue weighted by Gasteiger charge is -2.42. The second kappa shape index (κ2) is 7.43. The minimum absolute atomic E-state index is 0.533. The van der Waals surface area contributed by atoms with Gasteiger partial charge in [0.1, 0.15) is 0 Å². The lowest BCUT2D eigenvalue weighted by Crippen LogP contribution is -2.47. The zero-order chi connectivity index (χ0) is 15.5. The molecule has 2 aliphatic rings. The summed E-state index contributed by atoms with van der Waals surface area (Å²) in [6, 6.07) is 0.733. The molecule has 0 amide bonds. The van der Waals surface area contributed by atoms with Crippen LogP contribution >= 0.6 is 0 Å². The molecule has 2 fully saturated rings. The van der Waals surface area contributed by atoms with Crippen molar-refractivity contribution in [1.82, 2.24) is 15.1 Å². The summed E-state index contributed by atoms with van der Waals surface area (Å²) in [5.41, 5.74) is 0.533. The maximum absolute atomic E-state index is 3.74. The molecule has 1 heterocycles. The first kappa shape index (κ1) is 17.2. The molecule has 0 aromatic carbocycles. The van der Waals surface area contributed by atoms with Gasteiger partial charge in [-0.25, -0.2) is 0 Å². The lowest BCUT2D eigenvalue weighted by atomic mass is 9.69. The molecule has 1 aliphatic carbocycles. The van der Waals surface area contributed by atoms with Gasteiger partial charge in [-0.3, -0.25) is 0 Å². The molecule has 3 heteroatoms. The summed E-state index contributed by atoms with van der Waals surface area (Å²) in [5, 5.41) is 3.74. The predicted octanol–water partition coefficient (Wildman–Crippen LogP) is 2.67. The van der Waals surface area contributed by atoms with Crippen LogP contribution in [0.3, 0.4) is 0 Å². The van der Waals surface area contributed by atoms with Crippen molar-refractivity contribution in [3.63, 3.8) is 0 Å². The van der Waals surface area contributed by atoms with Crippen molar-refractivity contribution in [3.05, 3.63) is 0 Å². The molecule has 0 aromatic rings. The highest BCUT2D eigenvalue weighted by Crippen LogP contribution is 2.39. The Morgan fingerprint density at radius 2 is 2.00 bits per heavy atom. The molecule has 0 aromatic heterocycles. The Bertz CT molecular complexity index is 316. The quantitative estimate of drug-likeness (QED) is 0.813. The molecule has 1 saturated heterocycles. The molecule has 21 heavy (non-hydrogen) atoms. The summed E-state index contributed by atoms with van der Waals surface area (Å²) in [6.07, 6.45) is 5.48. The van der Waals surface area contributed by atoms with Crippen molar-refractivity contribution in [2.75, 3.05) is 46.8 Å². The molecule has 2 rings (SSSR count). The number of rotatable bonds is 6. The van der Waals surface area contributed by atoms with E-state index in [9.17, 15) is 0 Å². The van der Waals surface area contributed by atoms with Crippen molar-refractivity contribution in [1.29, 1.82) is 0 Å². The molecule has 1 aliphatic heterocycles. The third-order valence-corrected chi connectivity index (χ3v) is 5.59.